The van der Waals surface area contributed by atoms with Gasteiger partial charge in [0, 0.05) is 13.0 Å². The van der Waals surface area contributed by atoms with Gasteiger partial charge in [-0.2, -0.15) is 9.67 Å². The number of carboxylic acid groups (broad SMARTS) is 1. The highest BCUT2D eigenvalue weighted by Gasteiger charge is 2.22. The molecule has 0 spiro atoms. The van der Waals surface area contributed by atoms with Crippen LogP contribution in [0.1, 0.15) is 21.8 Å². The van der Waals surface area contributed by atoms with E-state index in [9.17, 15) is 9.59 Å². The second-order valence-electron chi connectivity index (χ2n) is 2.55. The maximum atomic E-state index is 11.1. The summed E-state index contributed by atoms with van der Waals surface area (Å²) >= 11 is 0. The lowest BCUT2D eigenvalue weighted by molar-refractivity contribution is 0.0683. The smallest absolute Gasteiger partial charge is 0.375 e. The lowest BCUT2D eigenvalue weighted by Crippen LogP contribution is -2.25. The maximum Gasteiger partial charge on any atom is 0.375 e. The van der Waals surface area contributed by atoms with Crippen LogP contribution in [-0.4, -0.2) is 38.3 Å². The van der Waals surface area contributed by atoms with E-state index in [1.165, 1.54) is 0 Å². The number of aromatic nitrogens is 3. The Morgan fingerprint density at radius 1 is 1.62 bits per heavy atom. The van der Waals surface area contributed by atoms with Crippen molar-refractivity contribution in [2.24, 2.45) is 0 Å². The van der Waals surface area contributed by atoms with E-state index in [2.05, 4.69) is 15.4 Å². The van der Waals surface area contributed by atoms with Crippen molar-refractivity contribution in [3.05, 3.63) is 5.82 Å². The third-order valence-corrected chi connectivity index (χ3v) is 1.66. The van der Waals surface area contributed by atoms with Crippen molar-refractivity contribution in [3.8, 4) is 0 Å². The Labute approximate surface area is 72.4 Å². The van der Waals surface area contributed by atoms with Crippen molar-refractivity contribution in [1.82, 2.24) is 14.8 Å². The number of hydrogen-bond acceptors (Lipinski definition) is 5. The van der Waals surface area contributed by atoms with Gasteiger partial charge in [-0.05, 0) is 0 Å². The molecule has 0 saturated heterocycles. The molecule has 7 heteroatoms. The van der Waals surface area contributed by atoms with E-state index in [1.54, 1.807) is 0 Å². The molecule has 0 aliphatic carbocycles. The Balaban J connectivity index is 2.48. The van der Waals surface area contributed by atoms with Crippen LogP contribution in [-0.2, 0) is 0 Å². The molecule has 0 amide bonds. The molecule has 1 aromatic heterocycles. The summed E-state index contributed by atoms with van der Waals surface area (Å²) in [7, 11) is 0. The largest absolute Gasteiger partial charge is 0.475 e. The summed E-state index contributed by atoms with van der Waals surface area (Å²) in [6.45, 7) is 0.469. The SMILES string of the molecule is O=C(O)c1nc2n(n1)C(=O)CCN2. The van der Waals surface area contributed by atoms with E-state index in [1.807, 2.05) is 0 Å². The highest BCUT2D eigenvalue weighted by molar-refractivity contribution is 5.87. The summed E-state index contributed by atoms with van der Waals surface area (Å²) in [5, 5.41) is 14.8. The molecule has 2 heterocycles. The van der Waals surface area contributed by atoms with Gasteiger partial charge >= 0.3 is 5.97 Å². The van der Waals surface area contributed by atoms with E-state index in [4.69, 9.17) is 5.11 Å². The lowest BCUT2D eigenvalue weighted by atomic mass is 10.4. The zero-order valence-electron chi connectivity index (χ0n) is 6.52. The predicted molar refractivity (Wildman–Crippen MR) is 40.7 cm³/mol. The average molecular weight is 182 g/mol. The summed E-state index contributed by atoms with van der Waals surface area (Å²) in [6.07, 6.45) is 0.301. The Kier molecular flexibility index (Phi) is 1.51. The summed E-state index contributed by atoms with van der Waals surface area (Å²) in [6, 6.07) is 0. The van der Waals surface area contributed by atoms with E-state index in [0.717, 1.165) is 4.68 Å². The number of hydrogen-bond donors (Lipinski definition) is 2. The van der Waals surface area contributed by atoms with Gasteiger partial charge in [0.2, 0.25) is 5.95 Å². The van der Waals surface area contributed by atoms with Gasteiger partial charge in [0.25, 0.3) is 11.7 Å². The quantitative estimate of drug-likeness (QED) is 0.603. The fourth-order valence-corrected chi connectivity index (χ4v) is 1.08. The average Bonchev–Trinajstić information content (AvgIpc) is 2.49. The minimum absolute atomic E-state index is 0.202. The summed E-state index contributed by atoms with van der Waals surface area (Å²) in [4.78, 5) is 25.2. The molecule has 68 valence electrons. The van der Waals surface area contributed by atoms with Crippen molar-refractivity contribution in [3.63, 3.8) is 0 Å². The Morgan fingerprint density at radius 3 is 3.00 bits per heavy atom. The number of rotatable bonds is 1. The highest BCUT2D eigenvalue weighted by atomic mass is 16.4. The number of carbonyl (C=O) groups excluding carboxylic acids is 1. The molecule has 0 unspecified atom stereocenters. The van der Waals surface area contributed by atoms with Crippen LogP contribution >= 0.6 is 0 Å². The number of fused-ring (bicyclic) bond motifs is 1. The third-order valence-electron chi connectivity index (χ3n) is 1.66. The van der Waals surface area contributed by atoms with Crippen molar-refractivity contribution in [2.45, 2.75) is 6.42 Å². The topological polar surface area (TPSA) is 97.1 Å². The second kappa shape index (κ2) is 2.54. The minimum atomic E-state index is -1.24. The molecule has 13 heavy (non-hydrogen) atoms. The molecule has 1 aliphatic heterocycles. The molecule has 0 radical (unpaired) electrons. The molecule has 0 atom stereocenters. The van der Waals surface area contributed by atoms with Gasteiger partial charge in [-0.1, -0.05) is 0 Å². The fraction of sp³-hybridized carbons (Fsp3) is 0.333. The van der Waals surface area contributed by atoms with Crippen LogP contribution in [0.2, 0.25) is 0 Å². The molecule has 0 fully saturated rings. The number of aromatic carboxylic acids is 1. The van der Waals surface area contributed by atoms with Gasteiger partial charge in [-0.25, -0.2) is 4.79 Å². The molecule has 0 aromatic carbocycles. The van der Waals surface area contributed by atoms with Crippen LogP contribution in [0.3, 0.4) is 0 Å². The molecular formula is C6H6N4O3. The van der Waals surface area contributed by atoms with Gasteiger partial charge in [0.1, 0.15) is 0 Å². The van der Waals surface area contributed by atoms with E-state index >= 15 is 0 Å². The molecule has 7 nitrogen and oxygen atoms in total. The van der Waals surface area contributed by atoms with Crippen LogP contribution in [0.15, 0.2) is 0 Å². The molecule has 1 aromatic rings. The zero-order valence-corrected chi connectivity index (χ0v) is 6.52. The van der Waals surface area contributed by atoms with Crippen LogP contribution in [0.25, 0.3) is 0 Å². The fourth-order valence-electron chi connectivity index (χ4n) is 1.08. The number of carboxylic acids is 1. The Bertz CT molecular complexity index is 383. The van der Waals surface area contributed by atoms with Crippen LogP contribution < -0.4 is 5.32 Å². The van der Waals surface area contributed by atoms with E-state index < -0.39 is 5.97 Å². The van der Waals surface area contributed by atoms with Gasteiger partial charge < -0.3 is 10.4 Å². The monoisotopic (exact) mass is 182 g/mol. The molecule has 1 aliphatic rings. The van der Waals surface area contributed by atoms with E-state index in [-0.39, 0.29) is 17.7 Å². The lowest BCUT2D eigenvalue weighted by Gasteiger charge is -2.10. The minimum Gasteiger partial charge on any atom is -0.475 e. The molecule has 0 saturated carbocycles. The number of carbonyl (C=O) groups is 2. The first-order valence-electron chi connectivity index (χ1n) is 3.66. The maximum absolute atomic E-state index is 11.1. The van der Waals surface area contributed by atoms with Crippen LogP contribution in [0, 0.1) is 0 Å². The van der Waals surface area contributed by atoms with Gasteiger partial charge in [0.15, 0.2) is 0 Å². The Morgan fingerprint density at radius 2 is 2.38 bits per heavy atom. The summed E-state index contributed by atoms with van der Waals surface area (Å²) in [5.41, 5.74) is 0. The highest BCUT2D eigenvalue weighted by Crippen LogP contribution is 2.10. The van der Waals surface area contributed by atoms with Crippen molar-refractivity contribution in [2.75, 3.05) is 11.9 Å². The summed E-state index contributed by atoms with van der Waals surface area (Å²) < 4.78 is 0.979. The van der Waals surface area contributed by atoms with Gasteiger partial charge in [0.05, 0.1) is 0 Å². The molecular weight excluding hydrogens is 176 g/mol. The first-order valence-corrected chi connectivity index (χ1v) is 3.66. The van der Waals surface area contributed by atoms with Crippen molar-refractivity contribution >= 4 is 17.8 Å². The second-order valence-corrected chi connectivity index (χ2v) is 2.55. The zero-order chi connectivity index (χ0) is 9.42. The van der Waals surface area contributed by atoms with Crippen LogP contribution in [0.4, 0.5) is 5.95 Å². The van der Waals surface area contributed by atoms with Crippen molar-refractivity contribution in [1.29, 1.82) is 0 Å². The molecule has 2 N–H and O–H groups in total. The normalized spacial score (nSPS) is 14.9. The number of nitrogens with zero attached hydrogens (tertiary/aromatic N) is 3. The molecule has 2 rings (SSSR count). The standard InChI is InChI=1S/C6H6N4O3/c11-3-1-2-7-6-8-4(5(12)13)9-10(3)6/h1-2H2,(H,12,13)(H,7,8,9). The predicted octanol–water partition coefficient (Wildman–Crippen LogP) is -0.568. The first kappa shape index (κ1) is 7.71. The van der Waals surface area contributed by atoms with Gasteiger partial charge in [-0.15, -0.1) is 5.10 Å². The third kappa shape index (κ3) is 1.13. The Hall–Kier alpha value is -1.92. The number of anilines is 1. The number of nitrogens with one attached hydrogen (secondary N) is 1. The van der Waals surface area contributed by atoms with Crippen LogP contribution in [0.5, 0.6) is 0 Å². The van der Waals surface area contributed by atoms with Gasteiger partial charge in [-0.3, -0.25) is 4.79 Å². The van der Waals surface area contributed by atoms with E-state index in [0.29, 0.717) is 13.0 Å². The van der Waals surface area contributed by atoms with Crippen molar-refractivity contribution < 1.29 is 14.7 Å². The molecule has 0 bridgehead atoms. The first-order chi connectivity index (χ1) is 6.18. The summed E-state index contributed by atoms with van der Waals surface area (Å²) in [5.74, 6) is -1.64.